The van der Waals surface area contributed by atoms with Crippen LogP contribution in [0, 0.1) is 22.7 Å². The van der Waals surface area contributed by atoms with Gasteiger partial charge in [-0.15, -0.1) is 0 Å². The Morgan fingerprint density at radius 1 is 1.44 bits per heavy atom. The predicted octanol–water partition coefficient (Wildman–Crippen LogP) is 2.30. The summed E-state index contributed by atoms with van der Waals surface area (Å²) in [5, 5.41) is 8.77. The zero-order chi connectivity index (χ0) is 14.6. The first kappa shape index (κ1) is 18.8. The van der Waals surface area contributed by atoms with E-state index in [1.54, 1.807) is 0 Å². The minimum absolute atomic E-state index is 0.0607. The maximum Gasteiger partial charge on any atom is 0.308 e. The van der Waals surface area contributed by atoms with E-state index in [1.807, 2.05) is 20.8 Å². The summed E-state index contributed by atoms with van der Waals surface area (Å²) < 4.78 is 8.48. The van der Waals surface area contributed by atoms with Crippen molar-refractivity contribution >= 4 is 12.4 Å². The fourth-order valence-electron chi connectivity index (χ4n) is 1.23. The van der Waals surface area contributed by atoms with Crippen molar-refractivity contribution in [1.29, 1.82) is 5.26 Å². The van der Waals surface area contributed by atoms with Crippen molar-refractivity contribution in [3.05, 3.63) is 0 Å². The van der Waals surface area contributed by atoms with Crippen molar-refractivity contribution in [1.82, 2.24) is 0 Å². The lowest BCUT2D eigenvalue weighted by atomic mass is 9.87. The van der Waals surface area contributed by atoms with E-state index in [1.165, 1.54) is 14.2 Å². The van der Waals surface area contributed by atoms with Crippen LogP contribution >= 0.6 is 0 Å². The van der Waals surface area contributed by atoms with E-state index in [-0.39, 0.29) is 17.3 Å². The lowest BCUT2D eigenvalue weighted by Crippen LogP contribution is -2.14. The van der Waals surface area contributed by atoms with Crippen LogP contribution in [0.5, 0.6) is 0 Å². The molecule has 0 aliphatic heterocycles. The molecule has 104 valence electrons. The molecule has 0 amide bonds. The largest absolute Gasteiger partial charge is 0.471 e. The Bertz CT molecular complexity index is 281. The first-order valence-corrected chi connectivity index (χ1v) is 5.80. The highest BCUT2D eigenvalue weighted by molar-refractivity contribution is 5.71. The normalized spacial score (nSPS) is 11.3. The standard InChI is InChI=1S/C11H19NO2.C2H4O2/c1-9(10(13)14-4)6-5-7-11(2,3)8-12;1-4-2-3/h9H,5-7H2,1-4H3;2H,1H3. The maximum atomic E-state index is 11.0. The summed E-state index contributed by atoms with van der Waals surface area (Å²) in [7, 11) is 2.71. The second-order valence-electron chi connectivity index (χ2n) is 4.64. The Morgan fingerprint density at radius 2 is 1.94 bits per heavy atom. The van der Waals surface area contributed by atoms with Gasteiger partial charge in [-0.05, 0) is 26.7 Å². The zero-order valence-corrected chi connectivity index (χ0v) is 11.9. The van der Waals surface area contributed by atoms with E-state index < -0.39 is 0 Å². The van der Waals surface area contributed by atoms with Crippen LogP contribution in [0.2, 0.25) is 0 Å². The second-order valence-corrected chi connectivity index (χ2v) is 4.64. The Kier molecular flexibility index (Phi) is 11.0. The van der Waals surface area contributed by atoms with E-state index in [2.05, 4.69) is 15.5 Å². The van der Waals surface area contributed by atoms with Crippen molar-refractivity contribution in [3.8, 4) is 6.07 Å². The van der Waals surface area contributed by atoms with E-state index in [0.29, 0.717) is 6.47 Å². The van der Waals surface area contributed by atoms with Gasteiger partial charge in [0, 0.05) is 0 Å². The first-order chi connectivity index (χ1) is 8.34. The first-order valence-electron chi connectivity index (χ1n) is 5.80. The van der Waals surface area contributed by atoms with Gasteiger partial charge in [0.15, 0.2) is 0 Å². The topological polar surface area (TPSA) is 76.4 Å². The van der Waals surface area contributed by atoms with Gasteiger partial charge in [0.05, 0.1) is 31.6 Å². The summed E-state index contributed by atoms with van der Waals surface area (Å²) >= 11 is 0. The zero-order valence-electron chi connectivity index (χ0n) is 11.9. The molecule has 1 atom stereocenters. The molecule has 0 rings (SSSR count). The highest BCUT2D eigenvalue weighted by Gasteiger charge is 2.18. The molecule has 0 fully saturated rings. The summed E-state index contributed by atoms with van der Waals surface area (Å²) in [5.41, 5.74) is -0.282. The summed E-state index contributed by atoms with van der Waals surface area (Å²) in [4.78, 5) is 20.0. The Morgan fingerprint density at radius 3 is 2.28 bits per heavy atom. The Labute approximate surface area is 109 Å². The number of methoxy groups -OCH3 is 2. The molecule has 0 spiro atoms. The average Bonchev–Trinajstić information content (AvgIpc) is 2.37. The highest BCUT2D eigenvalue weighted by Crippen LogP contribution is 2.23. The fourth-order valence-corrected chi connectivity index (χ4v) is 1.23. The minimum atomic E-state index is -0.282. The third kappa shape index (κ3) is 10.9. The molecule has 0 bridgehead atoms. The number of nitrogens with zero attached hydrogens (tertiary/aromatic N) is 1. The van der Waals surface area contributed by atoms with E-state index >= 15 is 0 Å². The molecule has 5 heteroatoms. The van der Waals surface area contributed by atoms with E-state index in [9.17, 15) is 4.79 Å². The molecule has 0 aliphatic carbocycles. The van der Waals surface area contributed by atoms with Gasteiger partial charge in [-0.3, -0.25) is 9.59 Å². The molecule has 0 N–H and O–H groups in total. The molecule has 0 saturated heterocycles. The lowest BCUT2D eigenvalue weighted by Gasteiger charge is -2.15. The fraction of sp³-hybridized carbons (Fsp3) is 0.769. The average molecular weight is 257 g/mol. The number of nitriles is 1. The molecule has 0 saturated carbocycles. The summed E-state index contributed by atoms with van der Waals surface area (Å²) in [6, 6.07) is 2.24. The highest BCUT2D eigenvalue weighted by atomic mass is 16.5. The number of carbonyl (C=O) groups excluding carboxylic acids is 2. The molecule has 18 heavy (non-hydrogen) atoms. The van der Waals surface area contributed by atoms with Gasteiger partial charge >= 0.3 is 5.97 Å². The molecular weight excluding hydrogens is 234 g/mol. The van der Waals surface area contributed by atoms with Crippen molar-refractivity contribution in [2.45, 2.75) is 40.0 Å². The number of ether oxygens (including phenoxy) is 2. The van der Waals surface area contributed by atoms with Gasteiger partial charge in [-0.25, -0.2) is 0 Å². The van der Waals surface area contributed by atoms with Crippen LogP contribution in [0.1, 0.15) is 40.0 Å². The van der Waals surface area contributed by atoms with E-state index in [0.717, 1.165) is 19.3 Å². The van der Waals surface area contributed by atoms with Crippen LogP contribution in [0.25, 0.3) is 0 Å². The van der Waals surface area contributed by atoms with Crippen LogP contribution < -0.4 is 0 Å². The van der Waals surface area contributed by atoms with Crippen LogP contribution in [0.3, 0.4) is 0 Å². The molecule has 5 nitrogen and oxygen atoms in total. The van der Waals surface area contributed by atoms with Crippen LogP contribution in [0.4, 0.5) is 0 Å². The van der Waals surface area contributed by atoms with Gasteiger partial charge < -0.3 is 9.47 Å². The molecular formula is C13H23NO4. The number of carbonyl (C=O) groups is 2. The van der Waals surface area contributed by atoms with Gasteiger partial charge in [-0.1, -0.05) is 13.3 Å². The van der Waals surface area contributed by atoms with Crippen molar-refractivity contribution in [2.24, 2.45) is 11.3 Å². The monoisotopic (exact) mass is 257 g/mol. The SMILES string of the molecule is COC(=O)C(C)CCCC(C)(C)C#N.COC=O. The number of hydrogen-bond donors (Lipinski definition) is 0. The number of esters is 1. The molecule has 0 radical (unpaired) electrons. The summed E-state index contributed by atoms with van der Waals surface area (Å²) in [6.07, 6.45) is 2.50. The van der Waals surface area contributed by atoms with Crippen molar-refractivity contribution in [2.75, 3.05) is 14.2 Å². The Balaban J connectivity index is 0. The minimum Gasteiger partial charge on any atom is -0.471 e. The van der Waals surface area contributed by atoms with Gasteiger partial charge in [-0.2, -0.15) is 5.26 Å². The van der Waals surface area contributed by atoms with E-state index in [4.69, 9.17) is 10.1 Å². The van der Waals surface area contributed by atoms with Gasteiger partial charge in [0.2, 0.25) is 0 Å². The third-order valence-electron chi connectivity index (χ3n) is 2.44. The molecule has 0 aromatic rings. The van der Waals surface area contributed by atoms with Gasteiger partial charge in [0.1, 0.15) is 0 Å². The Hall–Kier alpha value is -1.57. The predicted molar refractivity (Wildman–Crippen MR) is 67.5 cm³/mol. The molecule has 0 aromatic carbocycles. The lowest BCUT2D eigenvalue weighted by molar-refractivity contribution is -0.145. The molecule has 0 aliphatic rings. The number of rotatable bonds is 6. The quantitative estimate of drug-likeness (QED) is 0.539. The maximum absolute atomic E-state index is 11.0. The van der Waals surface area contributed by atoms with Crippen LogP contribution in [0.15, 0.2) is 0 Å². The summed E-state index contributed by atoms with van der Waals surface area (Å²) in [5.74, 6) is -0.228. The smallest absolute Gasteiger partial charge is 0.308 e. The van der Waals surface area contributed by atoms with Crippen molar-refractivity contribution in [3.63, 3.8) is 0 Å². The van der Waals surface area contributed by atoms with Crippen LogP contribution in [-0.2, 0) is 19.1 Å². The molecule has 0 heterocycles. The number of hydrogen-bond acceptors (Lipinski definition) is 5. The third-order valence-corrected chi connectivity index (χ3v) is 2.44. The molecule has 0 aromatic heterocycles. The van der Waals surface area contributed by atoms with Gasteiger partial charge in [0.25, 0.3) is 6.47 Å². The molecule has 1 unspecified atom stereocenters. The van der Waals surface area contributed by atoms with Crippen LogP contribution in [-0.4, -0.2) is 26.7 Å². The van der Waals surface area contributed by atoms with Crippen molar-refractivity contribution < 1.29 is 19.1 Å². The summed E-state index contributed by atoms with van der Waals surface area (Å²) in [6.45, 7) is 6.05. The second kappa shape index (κ2) is 10.6.